The van der Waals surface area contributed by atoms with E-state index in [0.717, 1.165) is 12.2 Å². The predicted octanol–water partition coefficient (Wildman–Crippen LogP) is 3.12. The lowest BCUT2D eigenvalue weighted by Gasteiger charge is -2.21. The summed E-state index contributed by atoms with van der Waals surface area (Å²) in [5.74, 6) is 0.278. The van der Waals surface area contributed by atoms with Gasteiger partial charge < -0.3 is 4.74 Å². The molecule has 1 aliphatic carbocycles. The predicted molar refractivity (Wildman–Crippen MR) is 76.5 cm³/mol. The molecule has 0 saturated heterocycles. The Morgan fingerprint density at radius 1 is 1.30 bits per heavy atom. The van der Waals surface area contributed by atoms with Crippen molar-refractivity contribution in [1.82, 2.24) is 15.0 Å². The van der Waals surface area contributed by atoms with Crippen LogP contribution in [0.5, 0.6) is 0 Å². The molecule has 1 heterocycles. The second-order valence-corrected chi connectivity index (χ2v) is 6.71. The van der Waals surface area contributed by atoms with Gasteiger partial charge in [0, 0.05) is 6.54 Å². The van der Waals surface area contributed by atoms with Crippen LogP contribution in [-0.4, -0.2) is 26.6 Å². The highest BCUT2D eigenvalue weighted by Gasteiger charge is 2.24. The van der Waals surface area contributed by atoms with E-state index in [2.05, 4.69) is 10.3 Å². The number of carbonyl (C=O) groups excluding carboxylic acids is 1. The first-order valence-electron chi connectivity index (χ1n) is 7.50. The van der Waals surface area contributed by atoms with E-state index in [1.165, 1.54) is 32.1 Å². The van der Waals surface area contributed by atoms with E-state index >= 15 is 0 Å². The zero-order valence-corrected chi connectivity index (χ0v) is 13.0. The van der Waals surface area contributed by atoms with Crippen molar-refractivity contribution in [3.05, 3.63) is 11.4 Å². The Labute approximate surface area is 120 Å². The van der Waals surface area contributed by atoms with Gasteiger partial charge in [0.2, 0.25) is 0 Å². The van der Waals surface area contributed by atoms with Gasteiger partial charge in [-0.2, -0.15) is 0 Å². The van der Waals surface area contributed by atoms with E-state index in [0.29, 0.717) is 11.6 Å². The van der Waals surface area contributed by atoms with Gasteiger partial charge in [0.05, 0.1) is 5.69 Å². The zero-order chi connectivity index (χ0) is 14.8. The van der Waals surface area contributed by atoms with Crippen LogP contribution in [0.15, 0.2) is 0 Å². The molecule has 112 valence electrons. The van der Waals surface area contributed by atoms with Crippen LogP contribution in [0.3, 0.4) is 0 Å². The maximum atomic E-state index is 12.0. The van der Waals surface area contributed by atoms with Crippen molar-refractivity contribution in [3.8, 4) is 0 Å². The van der Waals surface area contributed by atoms with Crippen molar-refractivity contribution in [2.24, 2.45) is 5.92 Å². The summed E-state index contributed by atoms with van der Waals surface area (Å²) in [6, 6.07) is 0. The van der Waals surface area contributed by atoms with Gasteiger partial charge >= 0.3 is 5.97 Å². The summed E-state index contributed by atoms with van der Waals surface area (Å²) in [4.78, 5) is 12.0. The quantitative estimate of drug-likeness (QED) is 0.798. The summed E-state index contributed by atoms with van der Waals surface area (Å²) in [7, 11) is 0. The Balaban J connectivity index is 2.04. The SMILES string of the molecule is Cc1c(C(=O)OC(C)(C)C)nnn1CC1CCCCC1. The summed E-state index contributed by atoms with van der Waals surface area (Å²) < 4.78 is 7.21. The molecule has 1 aliphatic rings. The molecule has 1 aromatic heterocycles. The van der Waals surface area contributed by atoms with Crippen LogP contribution < -0.4 is 0 Å². The second kappa shape index (κ2) is 5.94. The van der Waals surface area contributed by atoms with Gasteiger partial charge in [0.1, 0.15) is 5.60 Å². The summed E-state index contributed by atoms with van der Waals surface area (Å²) in [5.41, 5.74) is 0.650. The molecule has 0 bridgehead atoms. The molecular weight excluding hydrogens is 254 g/mol. The van der Waals surface area contributed by atoms with Gasteiger partial charge in [0.25, 0.3) is 0 Å². The number of carbonyl (C=O) groups is 1. The van der Waals surface area contributed by atoms with Crippen molar-refractivity contribution in [2.45, 2.75) is 71.9 Å². The summed E-state index contributed by atoms with van der Waals surface area (Å²) in [6.07, 6.45) is 6.45. The minimum atomic E-state index is -0.503. The molecule has 0 aromatic carbocycles. The molecule has 2 rings (SSSR count). The summed E-state index contributed by atoms with van der Waals surface area (Å²) >= 11 is 0. The molecule has 1 saturated carbocycles. The number of nitrogens with zero attached hydrogens (tertiary/aromatic N) is 3. The molecule has 0 spiro atoms. The fourth-order valence-electron chi connectivity index (χ4n) is 2.66. The molecule has 5 nitrogen and oxygen atoms in total. The summed E-state index contributed by atoms with van der Waals surface area (Å²) in [6.45, 7) is 8.32. The van der Waals surface area contributed by atoms with Crippen molar-refractivity contribution in [1.29, 1.82) is 0 Å². The van der Waals surface area contributed by atoms with Crippen molar-refractivity contribution < 1.29 is 9.53 Å². The first-order valence-corrected chi connectivity index (χ1v) is 7.50. The van der Waals surface area contributed by atoms with Gasteiger partial charge in [-0.05, 0) is 46.5 Å². The lowest BCUT2D eigenvalue weighted by molar-refractivity contribution is 0.00618. The normalized spacial score (nSPS) is 17.2. The van der Waals surface area contributed by atoms with Gasteiger partial charge in [-0.25, -0.2) is 9.48 Å². The lowest BCUT2D eigenvalue weighted by Crippen LogP contribution is -2.24. The highest BCUT2D eigenvalue weighted by Crippen LogP contribution is 2.25. The van der Waals surface area contributed by atoms with E-state index in [1.54, 1.807) is 0 Å². The lowest BCUT2D eigenvalue weighted by atomic mass is 9.89. The van der Waals surface area contributed by atoms with Crippen LogP contribution in [0.25, 0.3) is 0 Å². The molecule has 1 fully saturated rings. The number of aromatic nitrogens is 3. The topological polar surface area (TPSA) is 57.0 Å². The van der Waals surface area contributed by atoms with Crippen LogP contribution in [-0.2, 0) is 11.3 Å². The number of esters is 1. The third kappa shape index (κ3) is 3.81. The van der Waals surface area contributed by atoms with Gasteiger partial charge in [-0.15, -0.1) is 5.10 Å². The zero-order valence-electron chi connectivity index (χ0n) is 13.0. The fraction of sp³-hybridized carbons (Fsp3) is 0.800. The fourth-order valence-corrected chi connectivity index (χ4v) is 2.66. The highest BCUT2D eigenvalue weighted by molar-refractivity contribution is 5.88. The Kier molecular flexibility index (Phi) is 4.45. The van der Waals surface area contributed by atoms with E-state index in [-0.39, 0.29) is 5.97 Å². The van der Waals surface area contributed by atoms with Crippen LogP contribution in [0, 0.1) is 12.8 Å². The van der Waals surface area contributed by atoms with Crippen LogP contribution >= 0.6 is 0 Å². The van der Waals surface area contributed by atoms with Crippen molar-refractivity contribution in [3.63, 3.8) is 0 Å². The Hall–Kier alpha value is -1.39. The average molecular weight is 279 g/mol. The van der Waals surface area contributed by atoms with E-state index < -0.39 is 5.60 Å². The number of rotatable bonds is 3. The number of ether oxygens (including phenoxy) is 1. The van der Waals surface area contributed by atoms with Crippen LogP contribution in [0.2, 0.25) is 0 Å². The van der Waals surface area contributed by atoms with Crippen molar-refractivity contribution in [2.75, 3.05) is 0 Å². The third-order valence-electron chi connectivity index (χ3n) is 3.73. The molecule has 1 aromatic rings. The molecule has 0 unspecified atom stereocenters. The van der Waals surface area contributed by atoms with E-state index in [9.17, 15) is 4.79 Å². The van der Waals surface area contributed by atoms with Gasteiger partial charge in [-0.1, -0.05) is 24.5 Å². The molecule has 5 heteroatoms. The molecule has 0 aliphatic heterocycles. The molecule has 20 heavy (non-hydrogen) atoms. The largest absolute Gasteiger partial charge is 0.455 e. The van der Waals surface area contributed by atoms with E-state index in [1.807, 2.05) is 32.4 Å². The first-order chi connectivity index (χ1) is 9.37. The monoisotopic (exact) mass is 279 g/mol. The molecule has 0 radical (unpaired) electrons. The van der Waals surface area contributed by atoms with Crippen molar-refractivity contribution >= 4 is 5.97 Å². The Morgan fingerprint density at radius 3 is 2.55 bits per heavy atom. The maximum Gasteiger partial charge on any atom is 0.361 e. The molecule has 0 atom stereocenters. The standard InChI is InChI=1S/C15H25N3O2/c1-11-13(14(19)20-15(2,3)4)16-17-18(11)10-12-8-6-5-7-9-12/h12H,5-10H2,1-4H3. The van der Waals surface area contributed by atoms with Gasteiger partial charge in [0.15, 0.2) is 5.69 Å². The Bertz CT molecular complexity index is 468. The molecular formula is C15H25N3O2. The number of hydrogen-bond acceptors (Lipinski definition) is 4. The first kappa shape index (κ1) is 15.0. The molecule has 0 N–H and O–H groups in total. The minimum Gasteiger partial charge on any atom is -0.455 e. The van der Waals surface area contributed by atoms with Crippen LogP contribution in [0.4, 0.5) is 0 Å². The van der Waals surface area contributed by atoms with Crippen LogP contribution in [0.1, 0.15) is 69.1 Å². The minimum absolute atomic E-state index is 0.343. The second-order valence-electron chi connectivity index (χ2n) is 6.71. The Morgan fingerprint density at radius 2 is 1.95 bits per heavy atom. The highest BCUT2D eigenvalue weighted by atomic mass is 16.6. The summed E-state index contributed by atoms with van der Waals surface area (Å²) in [5, 5.41) is 8.13. The number of hydrogen-bond donors (Lipinski definition) is 0. The smallest absolute Gasteiger partial charge is 0.361 e. The molecule has 0 amide bonds. The maximum absolute atomic E-state index is 12.0. The third-order valence-corrected chi connectivity index (χ3v) is 3.73. The van der Waals surface area contributed by atoms with E-state index in [4.69, 9.17) is 4.74 Å². The average Bonchev–Trinajstić information content (AvgIpc) is 2.70. The van der Waals surface area contributed by atoms with Gasteiger partial charge in [-0.3, -0.25) is 0 Å².